The molecule has 1 rings (SSSR count). The van der Waals surface area contributed by atoms with Crippen LogP contribution in [0.25, 0.3) is 0 Å². The topological polar surface area (TPSA) is 18.5 Å². The van der Waals surface area contributed by atoms with Crippen LogP contribution in [0.2, 0.25) is 0 Å². The van der Waals surface area contributed by atoms with E-state index in [1.54, 1.807) is 0 Å². The second-order valence-electron chi connectivity index (χ2n) is 3.28. The van der Waals surface area contributed by atoms with Gasteiger partial charge in [-0.2, -0.15) is 0 Å². The van der Waals surface area contributed by atoms with Gasteiger partial charge in [-0.1, -0.05) is 6.07 Å². The molecule has 1 aromatic carbocycles. The number of halogens is 6. The lowest BCUT2D eigenvalue weighted by atomic mass is 10.1. The zero-order chi connectivity index (χ0) is 14.1. The summed E-state index contributed by atoms with van der Waals surface area (Å²) >= 11 is 0. The first-order valence-corrected chi connectivity index (χ1v) is 4.46. The number of hydrogen-bond donors (Lipinski definition) is 0. The Morgan fingerprint density at radius 2 is 1.44 bits per heavy atom. The van der Waals surface area contributed by atoms with E-state index in [0.717, 1.165) is 12.1 Å². The highest BCUT2D eigenvalue weighted by Crippen LogP contribution is 2.36. The van der Waals surface area contributed by atoms with Crippen LogP contribution in [0.15, 0.2) is 12.1 Å². The standard InChI is InChI=1S/C10H7F6O2/c1-5-3-4-7(17-9(11,12)13)6(2)8(5)18-10(14,15)16/h3-4H,2H2,1H3. The monoisotopic (exact) mass is 273 g/mol. The van der Waals surface area contributed by atoms with Crippen LogP contribution in [0, 0.1) is 13.8 Å². The second kappa shape index (κ2) is 4.58. The zero-order valence-electron chi connectivity index (χ0n) is 8.95. The average molecular weight is 273 g/mol. The third-order valence-electron chi connectivity index (χ3n) is 1.86. The largest absolute Gasteiger partial charge is 0.573 e. The maximum absolute atomic E-state index is 12.1. The van der Waals surface area contributed by atoms with Gasteiger partial charge < -0.3 is 9.47 Å². The van der Waals surface area contributed by atoms with Crippen molar-refractivity contribution in [2.75, 3.05) is 0 Å². The predicted molar refractivity (Wildman–Crippen MR) is 49.0 cm³/mol. The van der Waals surface area contributed by atoms with E-state index in [4.69, 9.17) is 0 Å². The highest BCUT2D eigenvalue weighted by molar-refractivity contribution is 5.51. The van der Waals surface area contributed by atoms with Gasteiger partial charge in [0.1, 0.15) is 11.5 Å². The molecule has 0 amide bonds. The number of ether oxygens (including phenoxy) is 2. The van der Waals surface area contributed by atoms with Crippen molar-refractivity contribution < 1.29 is 35.8 Å². The molecule has 18 heavy (non-hydrogen) atoms. The van der Waals surface area contributed by atoms with Crippen LogP contribution >= 0.6 is 0 Å². The van der Waals surface area contributed by atoms with Crippen molar-refractivity contribution in [3.63, 3.8) is 0 Å². The first kappa shape index (κ1) is 14.5. The van der Waals surface area contributed by atoms with E-state index in [-0.39, 0.29) is 5.56 Å². The number of hydrogen-bond acceptors (Lipinski definition) is 2. The molecule has 2 nitrogen and oxygen atoms in total. The fraction of sp³-hybridized carbons (Fsp3) is 0.300. The lowest BCUT2D eigenvalue weighted by Gasteiger charge is -2.17. The number of rotatable bonds is 2. The van der Waals surface area contributed by atoms with Crippen molar-refractivity contribution in [2.24, 2.45) is 0 Å². The minimum Gasteiger partial charge on any atom is -0.405 e. The Bertz CT molecular complexity index is 435. The Morgan fingerprint density at radius 3 is 1.89 bits per heavy atom. The van der Waals surface area contributed by atoms with Gasteiger partial charge in [0.25, 0.3) is 0 Å². The highest BCUT2D eigenvalue weighted by atomic mass is 19.4. The molecule has 0 N–H and O–H groups in total. The van der Waals surface area contributed by atoms with Crippen molar-refractivity contribution in [1.29, 1.82) is 0 Å². The lowest BCUT2D eigenvalue weighted by molar-refractivity contribution is -0.276. The van der Waals surface area contributed by atoms with Crippen LogP contribution in [-0.2, 0) is 0 Å². The fourth-order valence-corrected chi connectivity index (χ4v) is 1.20. The third-order valence-corrected chi connectivity index (χ3v) is 1.86. The highest BCUT2D eigenvalue weighted by Gasteiger charge is 2.35. The van der Waals surface area contributed by atoms with Crippen LogP contribution in [-0.4, -0.2) is 12.7 Å². The smallest absolute Gasteiger partial charge is 0.405 e. The summed E-state index contributed by atoms with van der Waals surface area (Å²) in [6.45, 7) is 4.34. The summed E-state index contributed by atoms with van der Waals surface area (Å²) in [7, 11) is 0. The van der Waals surface area contributed by atoms with Gasteiger partial charge in [0.15, 0.2) is 0 Å². The lowest BCUT2D eigenvalue weighted by Crippen LogP contribution is -2.20. The van der Waals surface area contributed by atoms with E-state index in [2.05, 4.69) is 16.4 Å². The van der Waals surface area contributed by atoms with Crippen LogP contribution in [0.3, 0.4) is 0 Å². The zero-order valence-corrected chi connectivity index (χ0v) is 8.95. The fourth-order valence-electron chi connectivity index (χ4n) is 1.20. The van der Waals surface area contributed by atoms with Crippen LogP contribution in [0.5, 0.6) is 11.5 Å². The Balaban J connectivity index is 3.15. The van der Waals surface area contributed by atoms with E-state index < -0.39 is 29.8 Å². The summed E-state index contributed by atoms with van der Waals surface area (Å²) < 4.78 is 79.3. The van der Waals surface area contributed by atoms with Gasteiger partial charge in [-0.25, -0.2) is 0 Å². The molecule has 0 unspecified atom stereocenters. The molecule has 0 fully saturated rings. The summed E-state index contributed by atoms with van der Waals surface area (Å²) in [6, 6.07) is 1.88. The Morgan fingerprint density at radius 1 is 0.944 bits per heavy atom. The van der Waals surface area contributed by atoms with Gasteiger partial charge in [0, 0.05) is 5.56 Å². The number of alkyl halides is 6. The van der Waals surface area contributed by atoms with Crippen molar-refractivity contribution in [3.05, 3.63) is 30.2 Å². The Hall–Kier alpha value is -1.60. The van der Waals surface area contributed by atoms with Gasteiger partial charge in [-0.05, 0) is 25.5 Å². The molecule has 8 heteroatoms. The second-order valence-corrected chi connectivity index (χ2v) is 3.28. The molecule has 1 aromatic rings. The van der Waals surface area contributed by atoms with Crippen LogP contribution in [0.1, 0.15) is 11.1 Å². The van der Waals surface area contributed by atoms with E-state index in [9.17, 15) is 26.3 Å². The first-order chi connectivity index (χ1) is 7.99. The molecule has 0 saturated carbocycles. The summed E-state index contributed by atoms with van der Waals surface area (Å²) in [5.41, 5.74) is -0.628. The predicted octanol–water partition coefficient (Wildman–Crippen LogP) is 3.97. The van der Waals surface area contributed by atoms with Crippen LogP contribution < -0.4 is 9.47 Å². The minimum absolute atomic E-state index is 0.00755. The van der Waals surface area contributed by atoms with Crippen LogP contribution in [0.4, 0.5) is 26.3 Å². The molecule has 0 aliphatic rings. The molecular formula is C10H7F6O2. The molecule has 0 atom stereocenters. The van der Waals surface area contributed by atoms with Gasteiger partial charge in [0.05, 0.1) is 0 Å². The van der Waals surface area contributed by atoms with Gasteiger partial charge >= 0.3 is 12.7 Å². The van der Waals surface area contributed by atoms with Gasteiger partial charge in [-0.15, -0.1) is 26.3 Å². The minimum atomic E-state index is -5.02. The quantitative estimate of drug-likeness (QED) is 0.759. The molecule has 0 saturated heterocycles. The van der Waals surface area contributed by atoms with Crippen molar-refractivity contribution in [3.8, 4) is 11.5 Å². The SMILES string of the molecule is [CH2]c1c(OC(F)(F)F)ccc(C)c1OC(F)(F)F. The van der Waals surface area contributed by atoms with E-state index in [0.29, 0.717) is 0 Å². The number of aryl methyl sites for hydroxylation is 1. The molecule has 0 bridgehead atoms. The molecule has 0 spiro atoms. The maximum Gasteiger partial charge on any atom is 0.573 e. The summed E-state index contributed by atoms with van der Waals surface area (Å²) in [4.78, 5) is 0. The van der Waals surface area contributed by atoms with E-state index >= 15 is 0 Å². The molecule has 0 aliphatic heterocycles. The van der Waals surface area contributed by atoms with Crippen molar-refractivity contribution >= 4 is 0 Å². The molecular weight excluding hydrogens is 266 g/mol. The molecule has 0 heterocycles. The average Bonchev–Trinajstić information content (AvgIpc) is 2.14. The van der Waals surface area contributed by atoms with Crippen molar-refractivity contribution in [1.82, 2.24) is 0 Å². The Kier molecular flexibility index (Phi) is 3.68. The summed E-state index contributed by atoms with van der Waals surface area (Å²) in [6.07, 6.45) is -10.0. The number of benzene rings is 1. The first-order valence-electron chi connectivity index (χ1n) is 4.46. The molecule has 0 aromatic heterocycles. The molecule has 101 valence electrons. The Labute approximate surface area is 98.1 Å². The van der Waals surface area contributed by atoms with E-state index in [1.165, 1.54) is 6.92 Å². The van der Waals surface area contributed by atoms with E-state index in [1.807, 2.05) is 0 Å². The summed E-state index contributed by atoms with van der Waals surface area (Å²) in [5, 5.41) is 0. The molecule has 1 radical (unpaired) electrons. The van der Waals surface area contributed by atoms with Gasteiger partial charge in [0.2, 0.25) is 0 Å². The normalized spacial score (nSPS) is 12.4. The maximum atomic E-state index is 12.1. The molecule has 0 aliphatic carbocycles. The van der Waals surface area contributed by atoms with Crippen molar-refractivity contribution in [2.45, 2.75) is 19.6 Å². The third kappa shape index (κ3) is 4.01. The summed E-state index contributed by atoms with van der Waals surface area (Å²) in [5.74, 6) is -1.64. The van der Waals surface area contributed by atoms with Gasteiger partial charge in [-0.3, -0.25) is 0 Å².